The molecule has 1 fully saturated rings. The predicted molar refractivity (Wildman–Crippen MR) is 72.0 cm³/mol. The summed E-state index contributed by atoms with van der Waals surface area (Å²) >= 11 is 5.83. The van der Waals surface area contributed by atoms with Crippen LogP contribution in [0.15, 0.2) is 6.20 Å². The fourth-order valence-electron chi connectivity index (χ4n) is 2.56. The predicted octanol–water partition coefficient (Wildman–Crippen LogP) is 2.35. The second kappa shape index (κ2) is 5.74. The first-order valence-electron chi connectivity index (χ1n) is 6.50. The van der Waals surface area contributed by atoms with Gasteiger partial charge >= 0.3 is 0 Å². The summed E-state index contributed by atoms with van der Waals surface area (Å²) in [5, 5.41) is 4.15. The van der Waals surface area contributed by atoms with Gasteiger partial charge in [0.1, 0.15) is 0 Å². The summed E-state index contributed by atoms with van der Waals surface area (Å²) in [6, 6.07) is 0.295. The fourth-order valence-corrected chi connectivity index (χ4v) is 2.81. The van der Waals surface area contributed by atoms with Crippen LogP contribution in [0.4, 0.5) is 0 Å². The van der Waals surface area contributed by atoms with Crippen LogP contribution in [0.2, 0.25) is 0 Å². The van der Waals surface area contributed by atoms with Gasteiger partial charge in [0.2, 0.25) is 0 Å². The maximum atomic E-state index is 12.5. The van der Waals surface area contributed by atoms with Crippen LogP contribution in [0.1, 0.15) is 41.7 Å². The molecule has 2 heterocycles. The molecule has 0 saturated carbocycles. The molecule has 1 aromatic rings. The van der Waals surface area contributed by atoms with Crippen molar-refractivity contribution in [3.05, 3.63) is 17.5 Å². The van der Waals surface area contributed by atoms with Crippen molar-refractivity contribution in [1.82, 2.24) is 14.7 Å². The summed E-state index contributed by atoms with van der Waals surface area (Å²) in [5.74, 6) is 0.718. The topological polar surface area (TPSA) is 38.1 Å². The highest BCUT2D eigenvalue weighted by molar-refractivity contribution is 6.17. The smallest absolute Gasteiger partial charge is 0.257 e. The number of aryl methyl sites for hydroxylation is 1. The highest BCUT2D eigenvalue weighted by atomic mass is 35.5. The zero-order valence-corrected chi connectivity index (χ0v) is 11.8. The van der Waals surface area contributed by atoms with Crippen molar-refractivity contribution in [2.75, 3.05) is 12.4 Å². The van der Waals surface area contributed by atoms with Crippen LogP contribution < -0.4 is 0 Å². The van der Waals surface area contributed by atoms with Crippen molar-refractivity contribution in [1.29, 1.82) is 0 Å². The highest BCUT2D eigenvalue weighted by Crippen LogP contribution is 2.23. The molecule has 1 unspecified atom stereocenters. The second-order valence-corrected chi connectivity index (χ2v) is 5.27. The first-order chi connectivity index (χ1) is 8.65. The number of nitrogens with zero attached hydrogens (tertiary/aromatic N) is 3. The minimum Gasteiger partial charge on any atom is -0.336 e. The average molecular weight is 270 g/mol. The molecule has 4 nitrogen and oxygen atoms in total. The third kappa shape index (κ3) is 2.53. The molecule has 1 atom stereocenters. The summed E-state index contributed by atoms with van der Waals surface area (Å²) in [6.07, 6.45) is 5.90. The van der Waals surface area contributed by atoms with E-state index >= 15 is 0 Å². The Balaban J connectivity index is 2.18. The standard InChI is InChI=1S/C13H20ClN3O/c1-10-12(9-15-16(10)2)13(18)17-8-4-3-5-11(17)6-7-14/h9,11H,3-8H2,1-2H3. The van der Waals surface area contributed by atoms with Crippen LogP contribution in [-0.4, -0.2) is 39.1 Å². The molecule has 18 heavy (non-hydrogen) atoms. The average Bonchev–Trinajstić information content (AvgIpc) is 2.70. The van der Waals surface area contributed by atoms with Crippen LogP contribution in [0.5, 0.6) is 0 Å². The van der Waals surface area contributed by atoms with E-state index in [0.717, 1.165) is 37.1 Å². The molecule has 0 spiro atoms. The minimum absolute atomic E-state index is 0.107. The number of amides is 1. The van der Waals surface area contributed by atoms with E-state index in [2.05, 4.69) is 5.10 Å². The van der Waals surface area contributed by atoms with E-state index in [1.165, 1.54) is 6.42 Å². The van der Waals surface area contributed by atoms with Crippen molar-refractivity contribution in [2.24, 2.45) is 7.05 Å². The van der Waals surface area contributed by atoms with E-state index in [9.17, 15) is 4.79 Å². The van der Waals surface area contributed by atoms with Crippen LogP contribution in [0.3, 0.4) is 0 Å². The van der Waals surface area contributed by atoms with E-state index in [1.54, 1.807) is 10.9 Å². The van der Waals surface area contributed by atoms with Gasteiger partial charge in [-0.15, -0.1) is 11.6 Å². The number of hydrogen-bond acceptors (Lipinski definition) is 2. The number of rotatable bonds is 3. The number of carbonyl (C=O) groups excluding carboxylic acids is 1. The molecule has 0 aliphatic carbocycles. The maximum absolute atomic E-state index is 12.5. The molecule has 0 radical (unpaired) electrons. The van der Waals surface area contributed by atoms with Crippen molar-refractivity contribution in [2.45, 2.75) is 38.6 Å². The van der Waals surface area contributed by atoms with Gasteiger partial charge in [0.05, 0.1) is 11.8 Å². The Morgan fingerprint density at radius 1 is 1.56 bits per heavy atom. The minimum atomic E-state index is 0.107. The van der Waals surface area contributed by atoms with Crippen LogP contribution in [0, 0.1) is 6.92 Å². The molecule has 1 aliphatic heterocycles. The van der Waals surface area contributed by atoms with Gasteiger partial charge in [0, 0.05) is 31.2 Å². The Morgan fingerprint density at radius 2 is 2.33 bits per heavy atom. The molecule has 5 heteroatoms. The zero-order valence-electron chi connectivity index (χ0n) is 11.0. The van der Waals surface area contributed by atoms with Gasteiger partial charge in [-0.3, -0.25) is 9.48 Å². The number of alkyl halides is 1. The Hall–Kier alpha value is -1.03. The summed E-state index contributed by atoms with van der Waals surface area (Å²) < 4.78 is 1.74. The first-order valence-corrected chi connectivity index (χ1v) is 7.04. The van der Waals surface area contributed by atoms with Crippen LogP contribution in [-0.2, 0) is 7.05 Å². The first kappa shape index (κ1) is 13.4. The van der Waals surface area contributed by atoms with E-state index in [4.69, 9.17) is 11.6 Å². The summed E-state index contributed by atoms with van der Waals surface area (Å²) in [4.78, 5) is 14.5. The number of piperidine rings is 1. The van der Waals surface area contributed by atoms with Crippen molar-refractivity contribution in [3.8, 4) is 0 Å². The molecule has 1 amide bonds. The van der Waals surface area contributed by atoms with Crippen molar-refractivity contribution >= 4 is 17.5 Å². The van der Waals surface area contributed by atoms with E-state index in [-0.39, 0.29) is 5.91 Å². The number of carbonyl (C=O) groups is 1. The lowest BCUT2D eigenvalue weighted by molar-refractivity contribution is 0.0608. The van der Waals surface area contributed by atoms with Crippen molar-refractivity contribution in [3.63, 3.8) is 0 Å². The van der Waals surface area contributed by atoms with Crippen LogP contribution >= 0.6 is 11.6 Å². The maximum Gasteiger partial charge on any atom is 0.257 e. The molecule has 0 N–H and O–H groups in total. The third-order valence-corrected chi connectivity index (χ3v) is 4.01. The van der Waals surface area contributed by atoms with Gasteiger partial charge in [0.25, 0.3) is 5.91 Å². The Labute approximate surface area is 113 Å². The van der Waals surface area contributed by atoms with Gasteiger partial charge < -0.3 is 4.90 Å². The lowest BCUT2D eigenvalue weighted by Crippen LogP contribution is -2.44. The Bertz CT molecular complexity index is 428. The monoisotopic (exact) mass is 269 g/mol. The molecule has 100 valence electrons. The lowest BCUT2D eigenvalue weighted by atomic mass is 9.99. The van der Waals surface area contributed by atoms with E-state index in [0.29, 0.717) is 11.9 Å². The number of halogens is 1. The SMILES string of the molecule is Cc1c(C(=O)N2CCCCC2CCCl)cnn1C. The largest absolute Gasteiger partial charge is 0.336 e. The number of likely N-dealkylation sites (tertiary alicyclic amines) is 1. The number of aromatic nitrogens is 2. The molecule has 1 aliphatic rings. The Kier molecular flexibility index (Phi) is 4.27. The van der Waals surface area contributed by atoms with Gasteiger partial charge in [-0.2, -0.15) is 5.10 Å². The Morgan fingerprint density at radius 3 is 2.94 bits per heavy atom. The molecule has 1 saturated heterocycles. The van der Waals surface area contributed by atoms with Crippen LogP contribution in [0.25, 0.3) is 0 Å². The normalized spacial score (nSPS) is 20.2. The third-order valence-electron chi connectivity index (χ3n) is 3.80. The summed E-state index contributed by atoms with van der Waals surface area (Å²) in [6.45, 7) is 2.77. The van der Waals surface area contributed by atoms with Gasteiger partial charge in [0.15, 0.2) is 0 Å². The zero-order chi connectivity index (χ0) is 13.1. The quantitative estimate of drug-likeness (QED) is 0.790. The molecular formula is C13H20ClN3O. The lowest BCUT2D eigenvalue weighted by Gasteiger charge is -2.35. The number of hydrogen-bond donors (Lipinski definition) is 0. The highest BCUT2D eigenvalue weighted by Gasteiger charge is 2.28. The molecule has 1 aromatic heterocycles. The fraction of sp³-hybridized carbons (Fsp3) is 0.692. The molecule has 0 aromatic carbocycles. The molecule has 0 bridgehead atoms. The summed E-state index contributed by atoms with van der Waals surface area (Å²) in [7, 11) is 1.86. The molecular weight excluding hydrogens is 250 g/mol. The van der Waals surface area contributed by atoms with Gasteiger partial charge in [-0.1, -0.05) is 0 Å². The van der Waals surface area contributed by atoms with E-state index < -0.39 is 0 Å². The summed E-state index contributed by atoms with van der Waals surface area (Å²) in [5.41, 5.74) is 1.65. The van der Waals surface area contributed by atoms with Crippen molar-refractivity contribution < 1.29 is 4.79 Å². The second-order valence-electron chi connectivity index (χ2n) is 4.89. The molecule has 2 rings (SSSR count). The van der Waals surface area contributed by atoms with Gasteiger partial charge in [-0.25, -0.2) is 0 Å². The van der Waals surface area contributed by atoms with Gasteiger partial charge in [-0.05, 0) is 32.6 Å². The van der Waals surface area contributed by atoms with E-state index in [1.807, 2.05) is 18.9 Å².